The Hall–Kier alpha value is -1.67. The Morgan fingerprint density at radius 1 is 1.56 bits per heavy atom. The van der Waals surface area contributed by atoms with E-state index >= 15 is 0 Å². The molecule has 0 aliphatic heterocycles. The number of nitrogens with two attached hydrogens (primary N) is 1. The van der Waals surface area contributed by atoms with Gasteiger partial charge >= 0.3 is 5.97 Å². The zero-order chi connectivity index (χ0) is 13.9. The second-order valence-corrected chi connectivity index (χ2v) is 4.85. The number of aliphatic carboxylic acids is 1. The molecule has 1 rings (SSSR count). The quantitative estimate of drug-likeness (QED) is 0.702. The number of likely N-dealkylation sites (N-methyl/N-ethyl adjacent to an activating group) is 1. The minimum absolute atomic E-state index is 0.0886. The molecular weight excluding hydrogens is 256 g/mol. The lowest BCUT2D eigenvalue weighted by atomic mass is 10.2. The molecule has 7 nitrogen and oxygen atoms in total. The molecule has 0 fully saturated rings. The van der Waals surface area contributed by atoms with E-state index in [9.17, 15) is 9.59 Å². The van der Waals surface area contributed by atoms with E-state index in [0.29, 0.717) is 5.13 Å². The van der Waals surface area contributed by atoms with Crippen molar-refractivity contribution in [3.8, 4) is 0 Å². The molecule has 0 saturated heterocycles. The number of hydrogen-bond donors (Lipinski definition) is 3. The summed E-state index contributed by atoms with van der Waals surface area (Å²) in [6, 6.07) is -1.57. The van der Waals surface area contributed by atoms with Crippen molar-refractivity contribution in [3.05, 3.63) is 11.1 Å². The number of carbonyl (C=O) groups excluding carboxylic acids is 1. The van der Waals surface area contributed by atoms with Crippen molar-refractivity contribution in [2.24, 2.45) is 5.73 Å². The van der Waals surface area contributed by atoms with Gasteiger partial charge in [0.15, 0.2) is 5.13 Å². The number of nitrogens with one attached hydrogen (secondary N) is 1. The third-order valence-electron chi connectivity index (χ3n) is 2.26. The van der Waals surface area contributed by atoms with Crippen LogP contribution in [0, 0.1) is 0 Å². The van der Waals surface area contributed by atoms with E-state index in [1.54, 1.807) is 26.4 Å². The Morgan fingerprint density at radius 3 is 2.67 bits per heavy atom. The smallest absolute Gasteiger partial charge is 0.326 e. The molecule has 18 heavy (non-hydrogen) atoms. The molecule has 0 aromatic carbocycles. The molecule has 0 spiro atoms. The number of amides is 1. The first-order valence-electron chi connectivity index (χ1n) is 5.24. The zero-order valence-electron chi connectivity index (χ0n) is 10.4. The number of thiazole rings is 1. The zero-order valence-corrected chi connectivity index (χ0v) is 11.2. The topological polar surface area (TPSA) is 109 Å². The van der Waals surface area contributed by atoms with E-state index in [1.807, 2.05) is 0 Å². The average Bonchev–Trinajstić information content (AvgIpc) is 2.74. The minimum atomic E-state index is -1.14. The summed E-state index contributed by atoms with van der Waals surface area (Å²) in [4.78, 5) is 27.8. The van der Waals surface area contributed by atoms with Crippen LogP contribution in [0.25, 0.3) is 0 Å². The van der Waals surface area contributed by atoms with E-state index in [1.165, 1.54) is 16.2 Å². The van der Waals surface area contributed by atoms with Gasteiger partial charge in [-0.25, -0.2) is 4.98 Å². The molecule has 0 aliphatic rings. The van der Waals surface area contributed by atoms with Crippen LogP contribution in [0.5, 0.6) is 0 Å². The number of nitrogens with zero attached hydrogens (tertiary/aromatic N) is 2. The summed E-state index contributed by atoms with van der Waals surface area (Å²) in [6.45, 7) is 1.71. The van der Waals surface area contributed by atoms with Crippen molar-refractivity contribution in [2.45, 2.75) is 19.0 Å². The molecule has 2 atom stereocenters. The molecule has 1 heterocycles. The molecule has 2 unspecified atom stereocenters. The second-order valence-electron chi connectivity index (χ2n) is 3.99. The van der Waals surface area contributed by atoms with Crippen LogP contribution in [-0.4, -0.2) is 47.0 Å². The molecule has 0 radical (unpaired) electrons. The van der Waals surface area contributed by atoms with E-state index in [2.05, 4.69) is 10.3 Å². The third-order valence-corrected chi connectivity index (χ3v) is 3.05. The summed E-state index contributed by atoms with van der Waals surface area (Å²) < 4.78 is 0. The van der Waals surface area contributed by atoms with Gasteiger partial charge in [-0.2, -0.15) is 0 Å². The maximum Gasteiger partial charge on any atom is 0.326 e. The predicted molar refractivity (Wildman–Crippen MR) is 68.5 cm³/mol. The van der Waals surface area contributed by atoms with Gasteiger partial charge in [-0.05, 0) is 6.92 Å². The number of rotatable bonds is 5. The average molecular weight is 272 g/mol. The molecule has 0 aliphatic carbocycles. The van der Waals surface area contributed by atoms with Crippen molar-refractivity contribution in [1.29, 1.82) is 0 Å². The summed E-state index contributed by atoms with van der Waals surface area (Å²) in [5.41, 5.74) is 5.71. The Kier molecular flexibility index (Phi) is 4.62. The van der Waals surface area contributed by atoms with E-state index < -0.39 is 18.1 Å². The summed E-state index contributed by atoms with van der Waals surface area (Å²) >= 11 is 1.22. The SMILES string of the molecule is CC(Nc1nc(C(N)C(=O)O)cs1)C(=O)N(C)C. The number of carboxylic acid groups (broad SMARTS) is 1. The maximum atomic E-state index is 11.6. The number of anilines is 1. The number of hydrogen-bond acceptors (Lipinski definition) is 6. The molecule has 1 aromatic heterocycles. The molecule has 0 saturated carbocycles. The van der Waals surface area contributed by atoms with Gasteiger partial charge in [0.1, 0.15) is 12.1 Å². The lowest BCUT2D eigenvalue weighted by Crippen LogP contribution is -2.36. The van der Waals surface area contributed by atoms with E-state index in [0.717, 1.165) is 0 Å². The number of aromatic nitrogens is 1. The third kappa shape index (κ3) is 3.41. The van der Waals surface area contributed by atoms with Crippen molar-refractivity contribution in [3.63, 3.8) is 0 Å². The first kappa shape index (κ1) is 14.4. The standard InChI is InChI=1S/C10H16N4O3S/c1-5(8(15)14(2)3)12-10-13-6(4-18-10)7(11)9(16)17/h4-5,7H,11H2,1-3H3,(H,12,13)(H,16,17). The van der Waals surface area contributed by atoms with E-state index in [-0.39, 0.29) is 11.6 Å². The fourth-order valence-electron chi connectivity index (χ4n) is 1.26. The molecule has 0 bridgehead atoms. The van der Waals surface area contributed by atoms with Gasteiger partial charge in [-0.1, -0.05) is 0 Å². The highest BCUT2D eigenvalue weighted by atomic mass is 32.1. The monoisotopic (exact) mass is 272 g/mol. The fourth-order valence-corrected chi connectivity index (χ4v) is 2.09. The molecule has 1 amide bonds. The molecule has 1 aromatic rings. The van der Waals surface area contributed by atoms with Crippen LogP contribution in [0.4, 0.5) is 5.13 Å². The Labute approximate surface area is 109 Å². The maximum absolute atomic E-state index is 11.6. The van der Waals surface area contributed by atoms with Gasteiger partial charge in [0.2, 0.25) is 5.91 Å². The van der Waals surface area contributed by atoms with Gasteiger partial charge in [0, 0.05) is 19.5 Å². The van der Waals surface area contributed by atoms with Crippen LogP contribution < -0.4 is 11.1 Å². The normalized spacial score (nSPS) is 13.8. The van der Waals surface area contributed by atoms with Crippen molar-refractivity contribution in [2.75, 3.05) is 19.4 Å². The first-order chi connectivity index (χ1) is 8.32. The Balaban J connectivity index is 2.70. The van der Waals surface area contributed by atoms with Crippen molar-refractivity contribution < 1.29 is 14.7 Å². The van der Waals surface area contributed by atoms with Gasteiger partial charge in [0.25, 0.3) is 0 Å². The Bertz CT molecular complexity index is 446. The fraction of sp³-hybridized carbons (Fsp3) is 0.500. The molecule has 8 heteroatoms. The summed E-state index contributed by atoms with van der Waals surface area (Å²) in [5.74, 6) is -1.22. The van der Waals surface area contributed by atoms with Crippen LogP contribution in [0.2, 0.25) is 0 Å². The second kappa shape index (κ2) is 5.78. The van der Waals surface area contributed by atoms with Gasteiger partial charge in [0.05, 0.1) is 5.69 Å². The van der Waals surface area contributed by atoms with Gasteiger partial charge in [-0.15, -0.1) is 11.3 Å². The van der Waals surface area contributed by atoms with Gasteiger partial charge in [-0.3, -0.25) is 9.59 Å². The van der Waals surface area contributed by atoms with Crippen LogP contribution in [0.1, 0.15) is 18.7 Å². The highest BCUT2D eigenvalue weighted by molar-refractivity contribution is 7.13. The first-order valence-corrected chi connectivity index (χ1v) is 6.12. The van der Waals surface area contributed by atoms with Crippen molar-refractivity contribution in [1.82, 2.24) is 9.88 Å². The Morgan fingerprint density at radius 2 is 2.17 bits per heavy atom. The van der Waals surface area contributed by atoms with Crippen LogP contribution in [0.3, 0.4) is 0 Å². The van der Waals surface area contributed by atoms with Crippen LogP contribution in [0.15, 0.2) is 5.38 Å². The predicted octanol–water partition coefficient (Wildman–Crippen LogP) is 0.116. The van der Waals surface area contributed by atoms with Crippen LogP contribution >= 0.6 is 11.3 Å². The number of carboxylic acids is 1. The van der Waals surface area contributed by atoms with Crippen molar-refractivity contribution >= 4 is 28.3 Å². The highest BCUT2D eigenvalue weighted by Crippen LogP contribution is 2.20. The molecule has 4 N–H and O–H groups in total. The highest BCUT2D eigenvalue weighted by Gasteiger charge is 2.20. The minimum Gasteiger partial charge on any atom is -0.480 e. The summed E-state index contributed by atoms with van der Waals surface area (Å²) in [5, 5.41) is 13.7. The lowest BCUT2D eigenvalue weighted by Gasteiger charge is -2.17. The van der Waals surface area contributed by atoms with Crippen LogP contribution in [-0.2, 0) is 9.59 Å². The number of carbonyl (C=O) groups is 2. The largest absolute Gasteiger partial charge is 0.480 e. The molecule has 100 valence electrons. The lowest BCUT2D eigenvalue weighted by molar-refractivity contribution is -0.138. The summed E-state index contributed by atoms with van der Waals surface area (Å²) in [7, 11) is 3.32. The summed E-state index contributed by atoms with van der Waals surface area (Å²) in [6.07, 6.45) is 0. The molecular formula is C10H16N4O3S. The van der Waals surface area contributed by atoms with Gasteiger partial charge < -0.3 is 21.1 Å². The van der Waals surface area contributed by atoms with E-state index in [4.69, 9.17) is 10.8 Å².